The standard InChI is InChI=1S/C16H11BrO/c17-14-8-7-11-5-6-12-3-1-2-4-15(12)16(18)10-13(11)9-14/h1-10,18H. The molecule has 2 aromatic carbocycles. The second kappa shape index (κ2) is 4.46. The first-order valence-corrected chi connectivity index (χ1v) is 6.51. The third-order valence-corrected chi connectivity index (χ3v) is 3.51. The molecule has 0 saturated carbocycles. The van der Waals surface area contributed by atoms with Crippen molar-refractivity contribution in [1.82, 2.24) is 0 Å². The summed E-state index contributed by atoms with van der Waals surface area (Å²) in [5.41, 5.74) is 3.99. The molecule has 0 saturated heterocycles. The van der Waals surface area contributed by atoms with Crippen LogP contribution in [0.2, 0.25) is 0 Å². The van der Waals surface area contributed by atoms with Crippen LogP contribution in [0.1, 0.15) is 22.3 Å². The van der Waals surface area contributed by atoms with Crippen LogP contribution >= 0.6 is 15.9 Å². The zero-order valence-corrected chi connectivity index (χ0v) is 11.2. The third kappa shape index (κ3) is 2.00. The van der Waals surface area contributed by atoms with Gasteiger partial charge < -0.3 is 5.11 Å². The molecule has 88 valence electrons. The molecule has 0 spiro atoms. The predicted molar refractivity (Wildman–Crippen MR) is 80.0 cm³/mol. The van der Waals surface area contributed by atoms with Gasteiger partial charge in [-0.2, -0.15) is 0 Å². The lowest BCUT2D eigenvalue weighted by atomic mass is 9.97. The number of fused-ring (bicyclic) bond motifs is 2. The summed E-state index contributed by atoms with van der Waals surface area (Å²) >= 11 is 3.45. The molecule has 0 amide bonds. The highest BCUT2D eigenvalue weighted by atomic mass is 79.9. The highest BCUT2D eigenvalue weighted by Crippen LogP contribution is 2.28. The minimum absolute atomic E-state index is 0.300. The van der Waals surface area contributed by atoms with Crippen molar-refractivity contribution in [3.8, 4) is 0 Å². The summed E-state index contributed by atoms with van der Waals surface area (Å²) < 4.78 is 1.01. The van der Waals surface area contributed by atoms with Crippen molar-refractivity contribution < 1.29 is 5.11 Å². The molecule has 1 nitrogen and oxygen atoms in total. The summed E-state index contributed by atoms with van der Waals surface area (Å²) in [5.74, 6) is 0.300. The Labute approximate surface area is 114 Å². The molecule has 18 heavy (non-hydrogen) atoms. The van der Waals surface area contributed by atoms with E-state index in [1.165, 1.54) is 0 Å². The van der Waals surface area contributed by atoms with Gasteiger partial charge in [0.2, 0.25) is 0 Å². The lowest BCUT2D eigenvalue weighted by Gasteiger charge is -2.10. The van der Waals surface area contributed by atoms with Gasteiger partial charge in [-0.3, -0.25) is 0 Å². The van der Waals surface area contributed by atoms with E-state index in [4.69, 9.17) is 0 Å². The van der Waals surface area contributed by atoms with Crippen molar-refractivity contribution in [2.24, 2.45) is 0 Å². The van der Waals surface area contributed by atoms with Gasteiger partial charge in [0, 0.05) is 10.0 Å². The molecule has 2 heteroatoms. The van der Waals surface area contributed by atoms with Crippen LogP contribution in [-0.2, 0) is 0 Å². The molecule has 0 bridgehead atoms. The number of hydrogen-bond acceptors (Lipinski definition) is 1. The minimum Gasteiger partial charge on any atom is -0.507 e. The molecule has 0 heterocycles. The normalized spacial score (nSPS) is 13.1. The van der Waals surface area contributed by atoms with E-state index in [9.17, 15) is 5.11 Å². The fourth-order valence-corrected chi connectivity index (χ4v) is 2.48. The minimum atomic E-state index is 0.300. The highest BCUT2D eigenvalue weighted by molar-refractivity contribution is 9.10. The van der Waals surface area contributed by atoms with E-state index >= 15 is 0 Å². The van der Waals surface area contributed by atoms with Crippen LogP contribution in [0.3, 0.4) is 0 Å². The van der Waals surface area contributed by atoms with Crippen LogP contribution in [0.15, 0.2) is 46.9 Å². The van der Waals surface area contributed by atoms with Crippen molar-refractivity contribution in [3.05, 3.63) is 69.2 Å². The first-order valence-electron chi connectivity index (χ1n) is 5.72. The summed E-state index contributed by atoms with van der Waals surface area (Å²) in [7, 11) is 0. The molecular formula is C16H11BrO. The van der Waals surface area contributed by atoms with Crippen LogP contribution < -0.4 is 0 Å². The van der Waals surface area contributed by atoms with Crippen molar-refractivity contribution >= 4 is 39.9 Å². The molecular weight excluding hydrogens is 288 g/mol. The van der Waals surface area contributed by atoms with Gasteiger partial charge in [-0.25, -0.2) is 0 Å². The Kier molecular flexibility index (Phi) is 2.80. The van der Waals surface area contributed by atoms with Crippen molar-refractivity contribution in [1.29, 1.82) is 0 Å². The number of benzene rings is 2. The van der Waals surface area contributed by atoms with Gasteiger partial charge in [0.05, 0.1) is 0 Å². The summed E-state index contributed by atoms with van der Waals surface area (Å²) in [6, 6.07) is 13.9. The predicted octanol–water partition coefficient (Wildman–Crippen LogP) is 4.99. The molecule has 0 fully saturated rings. The lowest BCUT2D eigenvalue weighted by molar-refractivity contribution is 0.515. The Morgan fingerprint density at radius 2 is 1.61 bits per heavy atom. The summed E-state index contributed by atoms with van der Waals surface area (Å²) in [6.45, 7) is 0. The van der Waals surface area contributed by atoms with Gasteiger partial charge in [0.1, 0.15) is 5.76 Å². The van der Waals surface area contributed by atoms with E-state index in [-0.39, 0.29) is 0 Å². The largest absolute Gasteiger partial charge is 0.507 e. The van der Waals surface area contributed by atoms with Gasteiger partial charge >= 0.3 is 0 Å². The second-order valence-corrected chi connectivity index (χ2v) is 5.14. The van der Waals surface area contributed by atoms with Crippen LogP contribution in [0.25, 0.3) is 24.0 Å². The molecule has 0 aromatic heterocycles. The maximum atomic E-state index is 10.2. The summed E-state index contributed by atoms with van der Waals surface area (Å²) in [6.07, 6.45) is 5.91. The van der Waals surface area contributed by atoms with Crippen LogP contribution in [-0.4, -0.2) is 5.11 Å². The van der Waals surface area contributed by atoms with Gasteiger partial charge in [0.25, 0.3) is 0 Å². The van der Waals surface area contributed by atoms with Crippen LogP contribution in [0.4, 0.5) is 0 Å². The zero-order chi connectivity index (χ0) is 12.5. The summed E-state index contributed by atoms with van der Waals surface area (Å²) in [4.78, 5) is 0. The fourth-order valence-electron chi connectivity index (χ4n) is 2.10. The van der Waals surface area contributed by atoms with E-state index in [1.54, 1.807) is 0 Å². The Hall–Kier alpha value is -1.80. The maximum Gasteiger partial charge on any atom is 0.124 e. The van der Waals surface area contributed by atoms with Crippen molar-refractivity contribution in [3.63, 3.8) is 0 Å². The third-order valence-electron chi connectivity index (χ3n) is 3.02. The second-order valence-electron chi connectivity index (χ2n) is 4.22. The van der Waals surface area contributed by atoms with Gasteiger partial charge in [-0.15, -0.1) is 0 Å². The average Bonchev–Trinajstić information content (AvgIpc) is 2.36. The van der Waals surface area contributed by atoms with E-state index in [2.05, 4.69) is 22.0 Å². The van der Waals surface area contributed by atoms with Crippen LogP contribution in [0.5, 0.6) is 0 Å². The Bertz CT molecular complexity index is 669. The average molecular weight is 299 g/mol. The Balaban J connectivity index is 2.24. The maximum absolute atomic E-state index is 10.2. The van der Waals surface area contributed by atoms with Crippen molar-refractivity contribution in [2.75, 3.05) is 0 Å². The molecule has 0 aliphatic heterocycles. The first kappa shape index (κ1) is 11.3. The number of rotatable bonds is 0. The zero-order valence-electron chi connectivity index (χ0n) is 9.60. The van der Waals surface area contributed by atoms with E-state index < -0.39 is 0 Å². The number of hydrogen-bond donors (Lipinski definition) is 1. The smallest absolute Gasteiger partial charge is 0.124 e. The first-order chi connectivity index (χ1) is 8.74. The van der Waals surface area contributed by atoms with E-state index in [0.717, 1.165) is 26.7 Å². The lowest BCUT2D eigenvalue weighted by Crippen LogP contribution is -1.92. The molecule has 0 unspecified atom stereocenters. The Morgan fingerprint density at radius 3 is 2.50 bits per heavy atom. The molecule has 1 aliphatic carbocycles. The summed E-state index contributed by atoms with van der Waals surface area (Å²) in [5, 5.41) is 10.2. The van der Waals surface area contributed by atoms with Gasteiger partial charge in [-0.05, 0) is 34.9 Å². The van der Waals surface area contributed by atoms with E-state index in [1.807, 2.05) is 54.6 Å². The Morgan fingerprint density at radius 1 is 0.833 bits per heavy atom. The van der Waals surface area contributed by atoms with Gasteiger partial charge in [0.15, 0.2) is 0 Å². The molecule has 1 aliphatic rings. The molecule has 2 aromatic rings. The SMILES string of the molecule is OC1=Cc2cc(Br)ccc2C=Cc2ccccc21. The molecule has 1 N–H and O–H groups in total. The molecule has 0 radical (unpaired) electrons. The van der Waals surface area contributed by atoms with Gasteiger partial charge in [-0.1, -0.05) is 58.4 Å². The quantitative estimate of drug-likeness (QED) is 0.726. The topological polar surface area (TPSA) is 20.2 Å². The molecule has 0 atom stereocenters. The fraction of sp³-hybridized carbons (Fsp3) is 0. The van der Waals surface area contributed by atoms with E-state index in [0.29, 0.717) is 5.76 Å². The highest BCUT2D eigenvalue weighted by Gasteiger charge is 2.08. The van der Waals surface area contributed by atoms with Crippen LogP contribution in [0, 0.1) is 0 Å². The monoisotopic (exact) mass is 298 g/mol. The molecule has 3 rings (SSSR count). The number of halogens is 1. The number of aliphatic hydroxyl groups excluding tert-OH is 1. The van der Waals surface area contributed by atoms with Crippen molar-refractivity contribution in [2.45, 2.75) is 0 Å². The number of aliphatic hydroxyl groups is 1.